The van der Waals surface area contributed by atoms with Gasteiger partial charge in [0.25, 0.3) is 0 Å². The average Bonchev–Trinajstić information content (AvgIpc) is 3.81. The quantitative estimate of drug-likeness (QED) is 0.173. The maximum atomic E-state index is 5.03. The molecule has 8 aromatic carbocycles. The van der Waals surface area contributed by atoms with Crippen molar-refractivity contribution in [2.24, 2.45) is 0 Å². The summed E-state index contributed by atoms with van der Waals surface area (Å²) in [7, 11) is 0. The monoisotopic (exact) mass is 686 g/mol. The predicted octanol–water partition coefficient (Wildman–Crippen LogP) is 14.3. The molecule has 0 saturated heterocycles. The fourth-order valence-electron chi connectivity index (χ4n) is 7.13. The molecule has 0 saturated carbocycles. The van der Waals surface area contributed by atoms with E-state index in [4.69, 9.17) is 4.98 Å². The lowest BCUT2D eigenvalue weighted by Gasteiger charge is -2.26. The summed E-state index contributed by atoms with van der Waals surface area (Å²) < 4.78 is 3.86. The molecule has 2 nitrogen and oxygen atoms in total. The minimum Gasteiger partial charge on any atom is -0.310 e. The lowest BCUT2D eigenvalue weighted by atomic mass is 10.0. The third-order valence-electron chi connectivity index (χ3n) is 9.69. The highest BCUT2D eigenvalue weighted by Gasteiger charge is 2.17. The van der Waals surface area contributed by atoms with E-state index in [1.807, 2.05) is 11.3 Å². The number of hydrogen-bond donors (Lipinski definition) is 0. The van der Waals surface area contributed by atoms with Crippen molar-refractivity contribution in [1.29, 1.82) is 0 Å². The molecule has 0 spiro atoms. The zero-order valence-electron chi connectivity index (χ0n) is 27.5. The fraction of sp³-hybridized carbons (Fsp3) is 0. The van der Waals surface area contributed by atoms with E-state index in [2.05, 4.69) is 187 Å². The highest BCUT2D eigenvalue weighted by molar-refractivity contribution is 7.28. The Labute approximate surface area is 304 Å². The van der Waals surface area contributed by atoms with Crippen LogP contribution in [0.1, 0.15) is 0 Å². The van der Waals surface area contributed by atoms with Crippen LogP contribution in [-0.4, -0.2) is 4.98 Å². The second-order valence-electron chi connectivity index (χ2n) is 12.8. The lowest BCUT2D eigenvalue weighted by Crippen LogP contribution is -2.09. The van der Waals surface area contributed by atoms with Crippen molar-refractivity contribution >= 4 is 80.9 Å². The molecule has 0 aliphatic rings. The Bertz CT molecular complexity index is 2840. The molecule has 240 valence electrons. The van der Waals surface area contributed by atoms with E-state index in [0.29, 0.717) is 0 Å². The minimum atomic E-state index is 1.06. The summed E-state index contributed by atoms with van der Waals surface area (Å²) in [4.78, 5) is 7.38. The highest BCUT2D eigenvalue weighted by atomic mass is 32.1. The van der Waals surface area contributed by atoms with Crippen LogP contribution >= 0.6 is 22.7 Å². The van der Waals surface area contributed by atoms with Crippen LogP contribution < -0.4 is 4.90 Å². The van der Waals surface area contributed by atoms with Crippen LogP contribution in [0.2, 0.25) is 0 Å². The Balaban J connectivity index is 1.05. The summed E-state index contributed by atoms with van der Waals surface area (Å²) in [5, 5.41) is 6.13. The van der Waals surface area contributed by atoms with Gasteiger partial charge in [0.2, 0.25) is 0 Å². The SMILES string of the molecule is c1ccc(-c2ccc(N(c3ccc(-c4ccc5sc6ccc7nc(-c8ccccc8)sc7c6c5c4)cc3)c3ccc4ccccc4c3)cc2)cc1. The molecule has 0 amide bonds. The zero-order chi connectivity index (χ0) is 33.7. The van der Waals surface area contributed by atoms with E-state index in [1.54, 1.807) is 11.3 Å². The molecule has 4 heteroatoms. The summed E-state index contributed by atoms with van der Waals surface area (Å²) in [5.74, 6) is 0. The first-order valence-corrected chi connectivity index (χ1v) is 18.7. The number of thiazole rings is 1. The van der Waals surface area contributed by atoms with E-state index >= 15 is 0 Å². The van der Waals surface area contributed by atoms with Gasteiger partial charge in [-0.25, -0.2) is 4.98 Å². The molecule has 2 aromatic heterocycles. The fourth-order valence-corrected chi connectivity index (χ4v) is 9.42. The molecule has 0 fully saturated rings. The van der Waals surface area contributed by atoms with Gasteiger partial charge in [-0.15, -0.1) is 22.7 Å². The van der Waals surface area contributed by atoms with Crippen LogP contribution in [0, 0.1) is 0 Å². The molecule has 51 heavy (non-hydrogen) atoms. The van der Waals surface area contributed by atoms with Gasteiger partial charge in [0, 0.05) is 42.8 Å². The largest absolute Gasteiger partial charge is 0.310 e. The topological polar surface area (TPSA) is 16.1 Å². The smallest absolute Gasteiger partial charge is 0.124 e. The standard InChI is InChI=1S/C47H30N2S2/c1-3-9-31(10-4-1)33-15-21-38(22-16-33)49(40-25-19-32-11-7-8-14-36(32)29-40)39-23-17-34(18-24-39)37-20-27-43-41(30-37)45-44(50-43)28-26-42-46(45)51-47(48-42)35-12-5-2-6-13-35/h1-30H. The molecule has 0 aliphatic carbocycles. The van der Waals surface area contributed by atoms with Gasteiger partial charge in [0.05, 0.1) is 10.2 Å². The molecule has 10 rings (SSSR count). The molecular formula is C47H30N2S2. The Kier molecular flexibility index (Phi) is 7.23. The van der Waals surface area contributed by atoms with Crippen LogP contribution in [-0.2, 0) is 0 Å². The molecule has 0 radical (unpaired) electrons. The van der Waals surface area contributed by atoms with Crippen molar-refractivity contribution in [1.82, 2.24) is 4.98 Å². The average molecular weight is 687 g/mol. The number of nitrogens with zero attached hydrogens (tertiary/aromatic N) is 2. The first-order chi connectivity index (χ1) is 25.2. The lowest BCUT2D eigenvalue weighted by molar-refractivity contribution is 1.29. The van der Waals surface area contributed by atoms with Gasteiger partial charge in [0.1, 0.15) is 5.01 Å². The van der Waals surface area contributed by atoms with Gasteiger partial charge in [0.15, 0.2) is 0 Å². The molecule has 0 aliphatic heterocycles. The molecule has 10 aromatic rings. The first kappa shape index (κ1) is 29.8. The number of fused-ring (bicyclic) bond motifs is 6. The van der Waals surface area contributed by atoms with Crippen molar-refractivity contribution in [2.45, 2.75) is 0 Å². The molecule has 0 unspecified atom stereocenters. The molecule has 0 bridgehead atoms. The van der Waals surface area contributed by atoms with Gasteiger partial charge in [-0.2, -0.15) is 0 Å². The zero-order valence-corrected chi connectivity index (χ0v) is 29.2. The number of benzene rings is 8. The number of hydrogen-bond acceptors (Lipinski definition) is 4. The van der Waals surface area contributed by atoms with Crippen LogP contribution in [0.5, 0.6) is 0 Å². The van der Waals surface area contributed by atoms with E-state index in [9.17, 15) is 0 Å². The Hall–Kier alpha value is -6.07. The third kappa shape index (κ3) is 5.37. The summed E-state index contributed by atoms with van der Waals surface area (Å²) in [6.07, 6.45) is 0. The van der Waals surface area contributed by atoms with Gasteiger partial charge in [-0.3, -0.25) is 0 Å². The van der Waals surface area contributed by atoms with Crippen molar-refractivity contribution in [3.63, 3.8) is 0 Å². The Morgan fingerprint density at radius 3 is 1.69 bits per heavy atom. The van der Waals surface area contributed by atoms with Gasteiger partial charge in [-0.1, -0.05) is 121 Å². The second kappa shape index (κ2) is 12.4. The maximum Gasteiger partial charge on any atom is 0.124 e. The van der Waals surface area contributed by atoms with E-state index in [-0.39, 0.29) is 0 Å². The molecule has 0 atom stereocenters. The summed E-state index contributed by atoms with van der Waals surface area (Å²) in [5.41, 5.74) is 10.4. The number of thiophene rings is 1. The van der Waals surface area contributed by atoms with Crippen molar-refractivity contribution < 1.29 is 0 Å². The number of anilines is 3. The maximum absolute atomic E-state index is 5.03. The van der Waals surface area contributed by atoms with E-state index in [0.717, 1.165) is 33.1 Å². The predicted molar refractivity (Wildman–Crippen MR) is 221 cm³/mol. The van der Waals surface area contributed by atoms with Gasteiger partial charge >= 0.3 is 0 Å². The van der Waals surface area contributed by atoms with Crippen molar-refractivity contribution in [2.75, 3.05) is 4.90 Å². The molecule has 2 heterocycles. The van der Waals surface area contributed by atoms with Gasteiger partial charge < -0.3 is 4.90 Å². The number of aromatic nitrogens is 1. The first-order valence-electron chi connectivity index (χ1n) is 17.1. The summed E-state index contributed by atoms with van der Waals surface area (Å²) >= 11 is 3.65. The van der Waals surface area contributed by atoms with Crippen LogP contribution in [0.25, 0.3) is 74.0 Å². The molecular weight excluding hydrogens is 657 g/mol. The van der Waals surface area contributed by atoms with Gasteiger partial charge in [-0.05, 0) is 93.7 Å². The Morgan fingerprint density at radius 1 is 0.392 bits per heavy atom. The highest BCUT2D eigenvalue weighted by Crippen LogP contribution is 2.44. The summed E-state index contributed by atoms with van der Waals surface area (Å²) in [6.45, 7) is 0. The normalized spacial score (nSPS) is 11.5. The van der Waals surface area contributed by atoms with Crippen molar-refractivity contribution in [3.05, 3.63) is 182 Å². The van der Waals surface area contributed by atoms with E-state index in [1.165, 1.54) is 57.9 Å². The van der Waals surface area contributed by atoms with E-state index < -0.39 is 0 Å². The van der Waals surface area contributed by atoms with Crippen molar-refractivity contribution in [3.8, 4) is 32.8 Å². The van der Waals surface area contributed by atoms with Crippen LogP contribution in [0.15, 0.2) is 182 Å². The number of rotatable bonds is 6. The minimum absolute atomic E-state index is 1.06. The summed E-state index contributed by atoms with van der Waals surface area (Å²) in [6, 6.07) is 65.6. The third-order valence-corrected chi connectivity index (χ3v) is 12.0. The van der Waals surface area contributed by atoms with Crippen LogP contribution in [0.4, 0.5) is 17.1 Å². The van der Waals surface area contributed by atoms with Crippen LogP contribution in [0.3, 0.4) is 0 Å². The Morgan fingerprint density at radius 2 is 0.961 bits per heavy atom. The second-order valence-corrected chi connectivity index (χ2v) is 14.9. The molecule has 0 N–H and O–H groups in total.